The van der Waals surface area contributed by atoms with Gasteiger partial charge in [-0.2, -0.15) is 0 Å². The number of para-hydroxylation sites is 1. The molecule has 1 saturated heterocycles. The van der Waals surface area contributed by atoms with Crippen LogP contribution >= 0.6 is 23.2 Å². The second-order valence-electron chi connectivity index (χ2n) is 7.21. The maximum absolute atomic E-state index is 12.9. The lowest BCUT2D eigenvalue weighted by molar-refractivity contribution is -0.596. The predicted octanol–water partition coefficient (Wildman–Crippen LogP) is 4.02. The first-order valence-electron chi connectivity index (χ1n) is 9.85. The molecule has 2 atom stereocenters. The largest absolute Gasteiger partial charge is 0.496 e. The molecule has 1 aliphatic rings. The second-order valence-corrected chi connectivity index (χ2v) is 8.08. The smallest absolute Gasteiger partial charge is 0.304 e. The number of ether oxygens (including phenoxy) is 1. The van der Waals surface area contributed by atoms with Gasteiger partial charge in [-0.05, 0) is 48.5 Å². The van der Waals surface area contributed by atoms with Gasteiger partial charge in [0.2, 0.25) is 12.3 Å². The van der Waals surface area contributed by atoms with Crippen molar-refractivity contribution in [3.8, 4) is 5.75 Å². The molecule has 0 saturated carbocycles. The van der Waals surface area contributed by atoms with Gasteiger partial charge in [-0.15, -0.1) is 10.1 Å². The van der Waals surface area contributed by atoms with Crippen LogP contribution in [0.5, 0.6) is 5.75 Å². The molecule has 0 aromatic heterocycles. The summed E-state index contributed by atoms with van der Waals surface area (Å²) >= 11 is 12.0. The van der Waals surface area contributed by atoms with Gasteiger partial charge in [-0.25, -0.2) is 0 Å². The van der Waals surface area contributed by atoms with Crippen LogP contribution in [0.1, 0.15) is 27.5 Å². The Morgan fingerprint density at radius 3 is 2.28 bits per heavy atom. The van der Waals surface area contributed by atoms with E-state index >= 15 is 0 Å². The molecular formula is C24H20Cl2N3O3+. The van der Waals surface area contributed by atoms with E-state index in [0.29, 0.717) is 21.4 Å². The van der Waals surface area contributed by atoms with Gasteiger partial charge in [0, 0.05) is 21.2 Å². The molecule has 1 fully saturated rings. The number of hydrogen-bond donors (Lipinski definition) is 2. The number of amides is 2. The minimum Gasteiger partial charge on any atom is -0.496 e. The average Bonchev–Trinajstić information content (AvgIpc) is 3.09. The lowest BCUT2D eigenvalue weighted by Gasteiger charge is -2.15. The highest BCUT2D eigenvalue weighted by molar-refractivity contribution is 6.30. The molecule has 2 N–H and O–H groups in total. The summed E-state index contributed by atoms with van der Waals surface area (Å²) in [6.45, 7) is 0. The molecule has 2 amide bonds. The lowest BCUT2D eigenvalue weighted by Crippen LogP contribution is -2.42. The topological polar surface area (TPSA) is 70.4 Å². The van der Waals surface area contributed by atoms with Crippen LogP contribution in [0, 0.1) is 0 Å². The monoisotopic (exact) mass is 468 g/mol. The maximum atomic E-state index is 12.9. The molecule has 1 aliphatic heterocycles. The number of benzene rings is 3. The van der Waals surface area contributed by atoms with E-state index in [1.54, 1.807) is 54.4 Å². The fourth-order valence-corrected chi connectivity index (χ4v) is 3.84. The zero-order chi connectivity index (χ0) is 22.7. The standard InChI is InChI=1S/C24H19Cl2N3O3/c1-32-20-5-3-2-4-17(20)14-29-22(15-6-10-18(25)11-7-15)21(24(31)28-29)27-23(30)16-8-12-19(26)13-9-16/h2-14,21-22H,1H3,(H-,27,28,30,31)/p+1/b29-14-/t21-,22-/m0/s1. The SMILES string of the molecule is COc1ccccc1/C=[N+]1\NC(=O)[C@@H](NC(=O)c2ccc(Cl)cc2)[C@@H]1c1ccc(Cl)cc1. The zero-order valence-electron chi connectivity index (χ0n) is 17.1. The Hall–Kier alpha value is -3.35. The van der Waals surface area contributed by atoms with E-state index in [9.17, 15) is 9.59 Å². The number of carbonyl (C=O) groups is 2. The van der Waals surface area contributed by atoms with Gasteiger partial charge in [-0.1, -0.05) is 47.5 Å². The Labute approximate surface area is 195 Å². The van der Waals surface area contributed by atoms with Crippen molar-refractivity contribution in [2.45, 2.75) is 12.1 Å². The first kappa shape index (κ1) is 21.9. The first-order valence-corrected chi connectivity index (χ1v) is 10.6. The van der Waals surface area contributed by atoms with Gasteiger partial charge in [0.25, 0.3) is 5.91 Å². The van der Waals surface area contributed by atoms with E-state index in [1.165, 1.54) is 0 Å². The van der Waals surface area contributed by atoms with Crippen molar-refractivity contribution in [2.75, 3.05) is 7.11 Å². The van der Waals surface area contributed by atoms with Crippen molar-refractivity contribution < 1.29 is 19.0 Å². The van der Waals surface area contributed by atoms with Crippen LogP contribution in [0.3, 0.4) is 0 Å². The number of nitrogens with zero attached hydrogens (tertiary/aromatic N) is 1. The molecule has 0 bridgehead atoms. The number of carbonyl (C=O) groups excluding carboxylic acids is 2. The molecule has 0 unspecified atom stereocenters. The molecule has 0 aliphatic carbocycles. The highest BCUT2D eigenvalue weighted by atomic mass is 35.5. The molecule has 0 radical (unpaired) electrons. The summed E-state index contributed by atoms with van der Waals surface area (Å²) in [6, 6.07) is 19.7. The summed E-state index contributed by atoms with van der Waals surface area (Å²) in [4.78, 5) is 25.8. The third-order valence-electron chi connectivity index (χ3n) is 5.16. The van der Waals surface area contributed by atoms with Gasteiger partial charge in [0.05, 0.1) is 12.7 Å². The average molecular weight is 469 g/mol. The maximum Gasteiger partial charge on any atom is 0.304 e. The summed E-state index contributed by atoms with van der Waals surface area (Å²) in [5.41, 5.74) is 4.84. The van der Waals surface area contributed by atoms with E-state index in [0.717, 1.165) is 11.1 Å². The van der Waals surface area contributed by atoms with Crippen LogP contribution < -0.4 is 15.5 Å². The van der Waals surface area contributed by atoms with Crippen LogP contribution in [-0.2, 0) is 4.79 Å². The van der Waals surface area contributed by atoms with Crippen LogP contribution in [0.4, 0.5) is 0 Å². The van der Waals surface area contributed by atoms with Crippen LogP contribution in [0.15, 0.2) is 72.8 Å². The van der Waals surface area contributed by atoms with Gasteiger partial charge in [0.1, 0.15) is 5.75 Å². The number of nitrogens with one attached hydrogen (secondary N) is 2. The van der Waals surface area contributed by atoms with Crippen LogP contribution in [0.25, 0.3) is 0 Å². The highest BCUT2D eigenvalue weighted by Crippen LogP contribution is 2.27. The Kier molecular flexibility index (Phi) is 6.44. The number of hydrazone groups is 1. The molecule has 3 aromatic carbocycles. The van der Waals surface area contributed by atoms with Crippen molar-refractivity contribution >= 4 is 41.2 Å². The minimum absolute atomic E-state index is 0.335. The molecular weight excluding hydrogens is 449 g/mol. The van der Waals surface area contributed by atoms with Crippen molar-refractivity contribution in [3.63, 3.8) is 0 Å². The molecule has 3 aromatic rings. The molecule has 8 heteroatoms. The van der Waals surface area contributed by atoms with Crippen molar-refractivity contribution in [1.29, 1.82) is 0 Å². The Bertz CT molecular complexity index is 1180. The number of rotatable bonds is 5. The minimum atomic E-state index is -0.842. The van der Waals surface area contributed by atoms with Gasteiger partial charge in [0.15, 0.2) is 6.04 Å². The van der Waals surface area contributed by atoms with Crippen LogP contribution in [0.2, 0.25) is 10.0 Å². The number of hydrazine groups is 1. The fraction of sp³-hybridized carbons (Fsp3) is 0.125. The van der Waals surface area contributed by atoms with E-state index in [2.05, 4.69) is 10.7 Å². The molecule has 32 heavy (non-hydrogen) atoms. The zero-order valence-corrected chi connectivity index (χ0v) is 18.6. The molecule has 6 nitrogen and oxygen atoms in total. The first-order chi connectivity index (χ1) is 15.5. The van der Waals surface area contributed by atoms with Gasteiger partial charge in [-0.3, -0.25) is 9.59 Å². The summed E-state index contributed by atoms with van der Waals surface area (Å²) in [6.07, 6.45) is 1.78. The summed E-state index contributed by atoms with van der Waals surface area (Å²) in [5.74, 6) is -0.0522. The summed E-state index contributed by atoms with van der Waals surface area (Å²) < 4.78 is 7.11. The normalized spacial score (nSPS) is 19.0. The molecule has 162 valence electrons. The quantitative estimate of drug-likeness (QED) is 0.555. The van der Waals surface area contributed by atoms with E-state index < -0.39 is 12.1 Å². The summed E-state index contributed by atoms with van der Waals surface area (Å²) in [5, 5.41) is 3.95. The third-order valence-corrected chi connectivity index (χ3v) is 5.66. The van der Waals surface area contributed by atoms with Crippen molar-refractivity contribution in [2.24, 2.45) is 0 Å². The predicted molar refractivity (Wildman–Crippen MR) is 123 cm³/mol. The molecule has 4 rings (SSSR count). The number of methoxy groups -OCH3 is 1. The van der Waals surface area contributed by atoms with E-state index in [1.807, 2.05) is 36.4 Å². The van der Waals surface area contributed by atoms with E-state index in [4.69, 9.17) is 27.9 Å². The Balaban J connectivity index is 1.72. The van der Waals surface area contributed by atoms with Gasteiger partial charge >= 0.3 is 5.91 Å². The number of hydrogen-bond acceptors (Lipinski definition) is 3. The van der Waals surface area contributed by atoms with Crippen molar-refractivity contribution in [3.05, 3.63) is 99.5 Å². The van der Waals surface area contributed by atoms with Crippen molar-refractivity contribution in [1.82, 2.24) is 10.7 Å². The number of halogens is 2. The van der Waals surface area contributed by atoms with Gasteiger partial charge < -0.3 is 10.1 Å². The molecule has 1 heterocycles. The van der Waals surface area contributed by atoms with Crippen LogP contribution in [-0.4, -0.2) is 35.9 Å². The fourth-order valence-electron chi connectivity index (χ4n) is 3.59. The second kappa shape index (κ2) is 9.42. The Morgan fingerprint density at radius 2 is 1.62 bits per heavy atom. The Morgan fingerprint density at radius 1 is 1.00 bits per heavy atom. The van der Waals surface area contributed by atoms with E-state index in [-0.39, 0.29) is 11.8 Å². The molecule has 0 spiro atoms. The third kappa shape index (κ3) is 4.61. The highest BCUT2D eigenvalue weighted by Gasteiger charge is 2.47. The lowest BCUT2D eigenvalue weighted by atomic mass is 9.99. The summed E-state index contributed by atoms with van der Waals surface area (Å²) in [7, 11) is 1.58.